The van der Waals surface area contributed by atoms with Crippen molar-refractivity contribution in [3.05, 3.63) is 29.3 Å². The molecule has 0 bridgehead atoms. The van der Waals surface area contributed by atoms with Gasteiger partial charge in [0.2, 0.25) is 0 Å². The lowest BCUT2D eigenvalue weighted by Crippen LogP contribution is -2.05. The van der Waals surface area contributed by atoms with Gasteiger partial charge in [-0.1, -0.05) is 0 Å². The van der Waals surface area contributed by atoms with Crippen LogP contribution >= 0.6 is 0 Å². The van der Waals surface area contributed by atoms with Crippen LogP contribution in [0, 0.1) is 0 Å². The number of hydrogen-bond acceptors (Lipinski definition) is 5. The zero-order chi connectivity index (χ0) is 15.7. The van der Waals surface area contributed by atoms with Gasteiger partial charge in [-0.3, -0.25) is 9.59 Å². The van der Waals surface area contributed by atoms with Crippen LogP contribution in [-0.2, 0) is 11.2 Å². The van der Waals surface area contributed by atoms with Crippen molar-refractivity contribution in [2.45, 2.75) is 20.3 Å². The Morgan fingerprint density at radius 2 is 1.81 bits per heavy atom. The molecule has 5 nitrogen and oxygen atoms in total. The van der Waals surface area contributed by atoms with Gasteiger partial charge in [-0.05, 0) is 36.9 Å². The zero-order valence-corrected chi connectivity index (χ0v) is 12.1. The van der Waals surface area contributed by atoms with Gasteiger partial charge in [0.15, 0.2) is 5.78 Å². The highest BCUT2D eigenvalue weighted by Crippen LogP contribution is 2.40. The lowest BCUT2D eigenvalue weighted by Gasteiger charge is -2.13. The topological polar surface area (TPSA) is 83.8 Å². The molecule has 2 aromatic carbocycles. The number of phenols is 2. The summed E-state index contributed by atoms with van der Waals surface area (Å²) < 4.78 is 5.07. The van der Waals surface area contributed by atoms with Crippen molar-refractivity contribution in [3.63, 3.8) is 0 Å². The minimum absolute atomic E-state index is 0.0381. The predicted molar refractivity (Wildman–Crippen MR) is 78.2 cm³/mol. The third-order valence-corrected chi connectivity index (χ3v) is 3.27. The number of benzene rings is 2. The van der Waals surface area contributed by atoms with Gasteiger partial charge in [0.25, 0.3) is 0 Å². The molecule has 0 saturated carbocycles. The summed E-state index contributed by atoms with van der Waals surface area (Å²) in [6.45, 7) is 2.72. The van der Waals surface area contributed by atoms with Crippen molar-refractivity contribution in [1.29, 1.82) is 0 Å². The molecule has 0 atom stereocenters. The quantitative estimate of drug-likeness (QED) is 0.845. The zero-order valence-electron chi connectivity index (χ0n) is 12.1. The molecule has 0 radical (unpaired) electrons. The van der Waals surface area contributed by atoms with Crippen molar-refractivity contribution in [2.75, 3.05) is 7.11 Å². The molecule has 0 aromatic heterocycles. The number of carbonyl (C=O) groups is 2. The Morgan fingerprint density at radius 1 is 1.14 bits per heavy atom. The van der Waals surface area contributed by atoms with Crippen LogP contribution in [0.4, 0.5) is 0 Å². The number of aromatic hydroxyl groups is 2. The molecule has 0 unspecified atom stereocenters. The van der Waals surface area contributed by atoms with Gasteiger partial charge in [0.1, 0.15) is 23.0 Å². The van der Waals surface area contributed by atoms with Gasteiger partial charge in [-0.2, -0.15) is 0 Å². The number of Topliss-reactive ketones (excluding diaryl/α,β-unsaturated/α-hetero) is 2. The van der Waals surface area contributed by atoms with E-state index in [9.17, 15) is 19.8 Å². The van der Waals surface area contributed by atoms with Gasteiger partial charge in [0, 0.05) is 12.5 Å². The van der Waals surface area contributed by atoms with Gasteiger partial charge in [0.05, 0.1) is 18.1 Å². The number of methoxy groups -OCH3 is 1. The fourth-order valence-electron chi connectivity index (χ4n) is 2.45. The molecule has 5 heteroatoms. The third-order valence-electron chi connectivity index (χ3n) is 3.27. The number of phenolic OH excluding ortho intramolecular Hbond substituents is 2. The first-order valence-corrected chi connectivity index (χ1v) is 6.41. The molecule has 2 N–H and O–H groups in total. The largest absolute Gasteiger partial charge is 0.507 e. The van der Waals surface area contributed by atoms with E-state index in [1.54, 1.807) is 12.1 Å². The van der Waals surface area contributed by atoms with Crippen LogP contribution in [0.5, 0.6) is 17.2 Å². The van der Waals surface area contributed by atoms with Gasteiger partial charge in [-0.15, -0.1) is 0 Å². The second-order valence-electron chi connectivity index (χ2n) is 4.94. The van der Waals surface area contributed by atoms with Crippen molar-refractivity contribution in [1.82, 2.24) is 0 Å². The van der Waals surface area contributed by atoms with Crippen LogP contribution in [0.2, 0.25) is 0 Å². The molecule has 110 valence electrons. The molecule has 0 heterocycles. The van der Waals surface area contributed by atoms with E-state index in [0.717, 1.165) is 0 Å². The first-order valence-electron chi connectivity index (χ1n) is 6.41. The van der Waals surface area contributed by atoms with E-state index < -0.39 is 0 Å². The molecule has 0 aliphatic carbocycles. The van der Waals surface area contributed by atoms with Crippen molar-refractivity contribution >= 4 is 22.3 Å². The normalized spacial score (nSPS) is 10.6. The number of ether oxygens (including phenoxy) is 1. The Labute approximate surface area is 121 Å². The molecule has 21 heavy (non-hydrogen) atoms. The highest BCUT2D eigenvalue weighted by Gasteiger charge is 2.20. The SMILES string of the molecule is COc1cc(O)c2c(O)c(C(C)=O)c(CC(C)=O)cc2c1. The smallest absolute Gasteiger partial charge is 0.163 e. The molecular formula is C16H16O5. The van der Waals surface area contributed by atoms with Crippen LogP contribution in [-0.4, -0.2) is 28.9 Å². The Balaban J connectivity index is 2.86. The van der Waals surface area contributed by atoms with Gasteiger partial charge in [-0.25, -0.2) is 0 Å². The fraction of sp³-hybridized carbons (Fsp3) is 0.250. The Kier molecular flexibility index (Phi) is 3.84. The highest BCUT2D eigenvalue weighted by atomic mass is 16.5. The maximum atomic E-state index is 11.8. The van der Waals surface area contributed by atoms with E-state index in [-0.39, 0.29) is 40.4 Å². The fourth-order valence-corrected chi connectivity index (χ4v) is 2.45. The molecule has 0 aliphatic rings. The van der Waals surface area contributed by atoms with Crippen molar-refractivity contribution in [2.24, 2.45) is 0 Å². The summed E-state index contributed by atoms with van der Waals surface area (Å²) in [6, 6.07) is 4.61. The van der Waals surface area contributed by atoms with E-state index >= 15 is 0 Å². The molecule has 0 saturated heterocycles. The first kappa shape index (κ1) is 14.8. The van der Waals surface area contributed by atoms with Crippen molar-refractivity contribution < 1.29 is 24.5 Å². The van der Waals surface area contributed by atoms with Crippen molar-refractivity contribution in [3.8, 4) is 17.2 Å². The predicted octanol–water partition coefficient (Wildman–Crippen LogP) is 2.59. The first-order chi connectivity index (χ1) is 9.85. The van der Waals surface area contributed by atoms with Crippen LogP contribution in [0.15, 0.2) is 18.2 Å². The van der Waals surface area contributed by atoms with E-state index in [1.165, 1.54) is 27.0 Å². The van der Waals surface area contributed by atoms with E-state index in [4.69, 9.17) is 4.74 Å². The van der Waals surface area contributed by atoms with Gasteiger partial charge >= 0.3 is 0 Å². The molecule has 0 spiro atoms. The van der Waals surface area contributed by atoms with Crippen LogP contribution in [0.25, 0.3) is 10.8 Å². The third kappa shape index (κ3) is 2.67. The summed E-state index contributed by atoms with van der Waals surface area (Å²) >= 11 is 0. The number of rotatable bonds is 4. The number of fused-ring (bicyclic) bond motifs is 1. The minimum Gasteiger partial charge on any atom is -0.507 e. The summed E-state index contributed by atoms with van der Waals surface area (Å²) in [5, 5.41) is 21.0. The maximum absolute atomic E-state index is 11.8. The lowest BCUT2D eigenvalue weighted by molar-refractivity contribution is -0.116. The molecule has 0 aliphatic heterocycles. The van der Waals surface area contributed by atoms with Gasteiger partial charge < -0.3 is 14.9 Å². The molecule has 0 fully saturated rings. The summed E-state index contributed by atoms with van der Waals surface area (Å²) in [6.07, 6.45) is 0.0381. The highest BCUT2D eigenvalue weighted by molar-refractivity contribution is 6.08. The van der Waals surface area contributed by atoms with E-state index in [0.29, 0.717) is 16.7 Å². The second-order valence-corrected chi connectivity index (χ2v) is 4.94. The summed E-state index contributed by atoms with van der Waals surface area (Å²) in [5.74, 6) is -0.553. The summed E-state index contributed by atoms with van der Waals surface area (Å²) in [7, 11) is 1.46. The monoisotopic (exact) mass is 288 g/mol. The number of ketones is 2. The number of carbonyl (C=O) groups excluding carboxylic acids is 2. The Bertz CT molecular complexity index is 746. The van der Waals surface area contributed by atoms with Crippen LogP contribution < -0.4 is 4.74 Å². The Morgan fingerprint density at radius 3 is 2.33 bits per heavy atom. The maximum Gasteiger partial charge on any atom is 0.163 e. The second kappa shape index (κ2) is 5.44. The summed E-state index contributed by atoms with van der Waals surface area (Å²) in [4.78, 5) is 23.1. The lowest BCUT2D eigenvalue weighted by atomic mass is 9.93. The molecule has 2 aromatic rings. The molecule has 2 rings (SSSR count). The molecule has 0 amide bonds. The van der Waals surface area contributed by atoms with Crippen LogP contribution in [0.3, 0.4) is 0 Å². The average Bonchev–Trinajstić information content (AvgIpc) is 2.36. The van der Waals surface area contributed by atoms with E-state index in [2.05, 4.69) is 0 Å². The molecular weight excluding hydrogens is 272 g/mol. The summed E-state index contributed by atoms with van der Waals surface area (Å²) in [5.41, 5.74) is 0.505. The standard InChI is InChI=1S/C16H16O5/c1-8(17)4-10-5-11-6-12(21-3)7-13(19)15(11)16(20)14(10)9(2)18/h5-7,19-20H,4H2,1-3H3. The minimum atomic E-state index is -0.360. The van der Waals surface area contributed by atoms with Crippen LogP contribution in [0.1, 0.15) is 29.8 Å². The van der Waals surface area contributed by atoms with E-state index in [1.807, 2.05) is 0 Å². The Hall–Kier alpha value is -2.56. The number of hydrogen-bond donors (Lipinski definition) is 2. The average molecular weight is 288 g/mol.